The first kappa shape index (κ1) is 12.9. The number of methoxy groups -OCH3 is 1. The van der Waals surface area contributed by atoms with E-state index in [2.05, 4.69) is 17.4 Å². The largest absolute Gasteiger partial charge is 0.384 e. The van der Waals surface area contributed by atoms with E-state index in [0.29, 0.717) is 6.04 Å². The van der Waals surface area contributed by atoms with Crippen molar-refractivity contribution in [2.45, 2.75) is 38.3 Å². The van der Waals surface area contributed by atoms with Crippen LogP contribution in [0.25, 0.3) is 0 Å². The van der Waals surface area contributed by atoms with E-state index < -0.39 is 0 Å². The minimum atomic E-state index is 0.702. The molecular weight excluding hydrogens is 234 g/mol. The summed E-state index contributed by atoms with van der Waals surface area (Å²) in [5, 5.41) is 4.40. The van der Waals surface area contributed by atoms with Gasteiger partial charge in [0, 0.05) is 24.7 Å². The molecular formula is C14H20ClNO. The lowest BCUT2D eigenvalue weighted by molar-refractivity contribution is 0.202. The second-order valence-electron chi connectivity index (χ2n) is 4.68. The molecule has 1 N–H and O–H groups in total. The molecule has 1 aliphatic rings. The van der Waals surface area contributed by atoms with Gasteiger partial charge in [-0.25, -0.2) is 0 Å². The molecule has 2 rings (SSSR count). The molecule has 1 fully saturated rings. The van der Waals surface area contributed by atoms with Gasteiger partial charge in [0.1, 0.15) is 0 Å². The fourth-order valence-corrected chi connectivity index (χ4v) is 2.19. The van der Waals surface area contributed by atoms with Gasteiger partial charge in [0.2, 0.25) is 0 Å². The fraction of sp³-hybridized carbons (Fsp3) is 0.571. The van der Waals surface area contributed by atoms with Gasteiger partial charge in [-0.15, -0.1) is 0 Å². The molecule has 1 saturated carbocycles. The van der Waals surface area contributed by atoms with Crippen LogP contribution >= 0.6 is 11.6 Å². The molecule has 0 atom stereocenters. The lowest BCUT2D eigenvalue weighted by Crippen LogP contribution is -2.34. The van der Waals surface area contributed by atoms with Crippen molar-refractivity contribution in [3.8, 4) is 0 Å². The molecule has 0 aliphatic heterocycles. The number of rotatable bonds is 6. The molecule has 0 bridgehead atoms. The highest BCUT2D eigenvalue weighted by Gasteiger charge is 2.16. The van der Waals surface area contributed by atoms with Gasteiger partial charge in [-0.05, 0) is 36.5 Å². The minimum absolute atomic E-state index is 0.702. The molecule has 0 amide bonds. The number of nitrogens with one attached hydrogen (secondary N) is 1. The summed E-state index contributed by atoms with van der Waals surface area (Å²) in [6.45, 7) is 1.64. The van der Waals surface area contributed by atoms with Gasteiger partial charge in [-0.2, -0.15) is 0 Å². The van der Waals surface area contributed by atoms with Gasteiger partial charge in [-0.3, -0.25) is 0 Å². The Morgan fingerprint density at radius 2 is 2.24 bits per heavy atom. The van der Waals surface area contributed by atoms with Crippen molar-refractivity contribution in [3.05, 3.63) is 34.3 Å². The van der Waals surface area contributed by atoms with Crippen LogP contribution in [0.1, 0.15) is 30.4 Å². The second-order valence-corrected chi connectivity index (χ2v) is 5.08. The predicted molar refractivity (Wildman–Crippen MR) is 71.5 cm³/mol. The number of hydrogen-bond acceptors (Lipinski definition) is 2. The molecule has 0 radical (unpaired) electrons. The van der Waals surface area contributed by atoms with Crippen LogP contribution in [-0.4, -0.2) is 19.8 Å². The number of halogens is 1. The van der Waals surface area contributed by atoms with Crippen LogP contribution in [-0.2, 0) is 17.7 Å². The number of hydrogen-bond donors (Lipinski definition) is 1. The lowest BCUT2D eigenvalue weighted by Gasteiger charge is -2.26. The summed E-state index contributed by atoms with van der Waals surface area (Å²) < 4.78 is 5.09. The summed E-state index contributed by atoms with van der Waals surface area (Å²) in [6, 6.07) is 6.96. The highest BCUT2D eigenvalue weighted by molar-refractivity contribution is 6.31. The molecule has 1 aromatic carbocycles. The summed E-state index contributed by atoms with van der Waals surface area (Å²) in [5.41, 5.74) is 2.49. The maximum atomic E-state index is 6.20. The molecule has 1 aliphatic carbocycles. The first-order valence-electron chi connectivity index (χ1n) is 6.29. The van der Waals surface area contributed by atoms with E-state index in [-0.39, 0.29) is 0 Å². The molecule has 0 saturated heterocycles. The van der Waals surface area contributed by atoms with E-state index in [1.54, 1.807) is 7.11 Å². The third-order valence-corrected chi connectivity index (χ3v) is 3.76. The van der Waals surface area contributed by atoms with Crippen molar-refractivity contribution in [2.75, 3.05) is 13.7 Å². The highest BCUT2D eigenvalue weighted by atomic mass is 35.5. The Bertz CT molecular complexity index is 363. The Hall–Kier alpha value is -0.570. The summed E-state index contributed by atoms with van der Waals surface area (Å²) >= 11 is 6.20. The minimum Gasteiger partial charge on any atom is -0.384 e. The predicted octanol–water partition coefficient (Wildman–Crippen LogP) is 3.17. The fourth-order valence-electron chi connectivity index (χ4n) is 2.01. The first-order chi connectivity index (χ1) is 8.29. The van der Waals surface area contributed by atoms with E-state index in [0.717, 1.165) is 24.6 Å². The van der Waals surface area contributed by atoms with Gasteiger partial charge >= 0.3 is 0 Å². The van der Waals surface area contributed by atoms with Crippen LogP contribution < -0.4 is 5.32 Å². The molecule has 3 heteroatoms. The van der Waals surface area contributed by atoms with Crippen LogP contribution in [0.15, 0.2) is 18.2 Å². The van der Waals surface area contributed by atoms with Crippen molar-refractivity contribution in [1.29, 1.82) is 0 Å². The van der Waals surface area contributed by atoms with Gasteiger partial charge in [0.25, 0.3) is 0 Å². The first-order valence-corrected chi connectivity index (χ1v) is 6.67. The normalized spacial score (nSPS) is 15.9. The van der Waals surface area contributed by atoms with Crippen molar-refractivity contribution < 1.29 is 4.74 Å². The zero-order valence-electron chi connectivity index (χ0n) is 10.3. The Balaban J connectivity index is 1.93. The topological polar surface area (TPSA) is 21.3 Å². The zero-order chi connectivity index (χ0) is 12.1. The number of ether oxygens (including phenoxy) is 1. The van der Waals surface area contributed by atoms with Crippen LogP contribution in [0.4, 0.5) is 0 Å². The van der Waals surface area contributed by atoms with E-state index in [9.17, 15) is 0 Å². The lowest BCUT2D eigenvalue weighted by atomic mass is 9.93. The SMILES string of the molecule is COCCc1ccc(Cl)c(CNC2CCC2)c1. The summed E-state index contributed by atoms with van der Waals surface area (Å²) in [5.74, 6) is 0. The molecule has 0 heterocycles. The van der Waals surface area contributed by atoms with Crippen LogP contribution in [0.3, 0.4) is 0 Å². The molecule has 0 spiro atoms. The van der Waals surface area contributed by atoms with E-state index in [1.807, 2.05) is 6.07 Å². The van der Waals surface area contributed by atoms with Gasteiger partial charge in [0.05, 0.1) is 6.61 Å². The van der Waals surface area contributed by atoms with Crippen LogP contribution in [0.5, 0.6) is 0 Å². The molecule has 94 valence electrons. The highest BCUT2D eigenvalue weighted by Crippen LogP contribution is 2.21. The molecule has 17 heavy (non-hydrogen) atoms. The Morgan fingerprint density at radius 1 is 1.41 bits per heavy atom. The average Bonchev–Trinajstić information content (AvgIpc) is 2.27. The van der Waals surface area contributed by atoms with Crippen LogP contribution in [0, 0.1) is 0 Å². The third-order valence-electron chi connectivity index (χ3n) is 3.39. The average molecular weight is 254 g/mol. The summed E-state index contributed by atoms with van der Waals surface area (Å²) in [6.07, 6.45) is 4.92. The molecule has 0 aromatic heterocycles. The second kappa shape index (κ2) is 6.39. The maximum Gasteiger partial charge on any atom is 0.0502 e. The summed E-state index contributed by atoms with van der Waals surface area (Å²) in [7, 11) is 1.73. The van der Waals surface area contributed by atoms with E-state index >= 15 is 0 Å². The van der Waals surface area contributed by atoms with E-state index in [1.165, 1.54) is 30.4 Å². The van der Waals surface area contributed by atoms with E-state index in [4.69, 9.17) is 16.3 Å². The molecule has 1 aromatic rings. The molecule has 0 unspecified atom stereocenters. The Kier molecular flexibility index (Phi) is 4.84. The quantitative estimate of drug-likeness (QED) is 0.841. The van der Waals surface area contributed by atoms with Crippen molar-refractivity contribution >= 4 is 11.6 Å². The third kappa shape index (κ3) is 3.70. The van der Waals surface area contributed by atoms with Crippen molar-refractivity contribution in [2.24, 2.45) is 0 Å². The Labute approximate surface area is 108 Å². The van der Waals surface area contributed by atoms with Crippen LogP contribution in [0.2, 0.25) is 5.02 Å². The summed E-state index contributed by atoms with van der Waals surface area (Å²) in [4.78, 5) is 0. The Morgan fingerprint density at radius 3 is 2.88 bits per heavy atom. The van der Waals surface area contributed by atoms with Crippen molar-refractivity contribution in [3.63, 3.8) is 0 Å². The van der Waals surface area contributed by atoms with Gasteiger partial charge in [0.15, 0.2) is 0 Å². The smallest absolute Gasteiger partial charge is 0.0502 e. The van der Waals surface area contributed by atoms with Crippen molar-refractivity contribution in [1.82, 2.24) is 5.32 Å². The van der Waals surface area contributed by atoms with Gasteiger partial charge < -0.3 is 10.1 Å². The number of benzene rings is 1. The monoisotopic (exact) mass is 253 g/mol. The zero-order valence-corrected chi connectivity index (χ0v) is 11.1. The maximum absolute atomic E-state index is 6.20. The molecule has 2 nitrogen and oxygen atoms in total. The van der Waals surface area contributed by atoms with Gasteiger partial charge in [-0.1, -0.05) is 30.2 Å². The standard InChI is InChI=1S/C14H20ClNO/c1-17-8-7-11-5-6-14(15)12(9-11)10-16-13-3-2-4-13/h5-6,9,13,16H,2-4,7-8,10H2,1H3.